The normalized spacial score (nSPS) is 14.8. The number of aliphatic hydroxyl groups excluding tert-OH is 1. The molecule has 0 saturated carbocycles. The second-order valence-corrected chi connectivity index (χ2v) is 8.74. The molecule has 0 rings (SSSR count). The van der Waals surface area contributed by atoms with Crippen LogP contribution in [0.25, 0.3) is 0 Å². The standard InChI is InChI=1S/C18H35N3O5S/c1-11(2)5-6-15(22)21-13(17(19)24)10-27-14(18(25)26)9-16(23)20-8-7-12(3)4/h11-14,16,20,23H,5-10H2,1-4H3,(H2,19,24)(H,21,22)(H,25,26). The first-order chi connectivity index (χ1) is 12.5. The largest absolute Gasteiger partial charge is 0.480 e. The Morgan fingerprint density at radius 3 is 2.15 bits per heavy atom. The highest BCUT2D eigenvalue weighted by atomic mass is 32.2. The van der Waals surface area contributed by atoms with E-state index >= 15 is 0 Å². The maximum Gasteiger partial charge on any atom is 0.316 e. The zero-order valence-electron chi connectivity index (χ0n) is 16.7. The molecule has 0 aliphatic heterocycles. The number of hydrogen-bond donors (Lipinski definition) is 5. The van der Waals surface area contributed by atoms with Gasteiger partial charge in [0, 0.05) is 18.6 Å². The number of carbonyl (C=O) groups is 3. The molecule has 27 heavy (non-hydrogen) atoms. The Bertz CT molecular complexity index is 474. The fourth-order valence-electron chi connectivity index (χ4n) is 2.16. The van der Waals surface area contributed by atoms with Crippen LogP contribution in [-0.4, -0.2) is 57.8 Å². The van der Waals surface area contributed by atoms with Crippen LogP contribution in [-0.2, 0) is 14.4 Å². The highest BCUT2D eigenvalue weighted by Crippen LogP contribution is 2.18. The monoisotopic (exact) mass is 405 g/mol. The maximum absolute atomic E-state index is 11.9. The van der Waals surface area contributed by atoms with Crippen molar-refractivity contribution in [2.75, 3.05) is 12.3 Å². The zero-order valence-corrected chi connectivity index (χ0v) is 17.6. The Morgan fingerprint density at radius 1 is 1.07 bits per heavy atom. The van der Waals surface area contributed by atoms with E-state index in [2.05, 4.69) is 24.5 Å². The molecule has 0 saturated heterocycles. The number of hydrogen-bond acceptors (Lipinski definition) is 6. The van der Waals surface area contributed by atoms with Crippen molar-refractivity contribution < 1.29 is 24.6 Å². The van der Waals surface area contributed by atoms with Gasteiger partial charge in [0.1, 0.15) is 17.5 Å². The molecule has 0 aromatic carbocycles. The molecule has 0 aromatic heterocycles. The van der Waals surface area contributed by atoms with E-state index in [0.717, 1.165) is 18.2 Å². The average molecular weight is 406 g/mol. The number of thioether (sulfide) groups is 1. The summed E-state index contributed by atoms with van der Waals surface area (Å²) in [5.74, 6) is -1.20. The number of nitrogens with one attached hydrogen (secondary N) is 2. The second-order valence-electron chi connectivity index (χ2n) is 7.50. The summed E-state index contributed by atoms with van der Waals surface area (Å²) in [5.41, 5.74) is 5.32. The number of nitrogens with two attached hydrogens (primary N) is 1. The van der Waals surface area contributed by atoms with Gasteiger partial charge in [0.2, 0.25) is 11.8 Å². The second kappa shape index (κ2) is 13.8. The highest BCUT2D eigenvalue weighted by Gasteiger charge is 2.26. The Balaban J connectivity index is 4.53. The molecule has 9 heteroatoms. The van der Waals surface area contributed by atoms with Crippen LogP contribution >= 0.6 is 11.8 Å². The number of carboxylic acid groups (broad SMARTS) is 1. The number of aliphatic carboxylic acids is 1. The molecule has 0 aromatic rings. The Labute approximate surface area is 166 Å². The molecule has 3 atom stereocenters. The first kappa shape index (κ1) is 25.7. The van der Waals surface area contributed by atoms with Crippen molar-refractivity contribution in [1.82, 2.24) is 10.6 Å². The van der Waals surface area contributed by atoms with Crippen molar-refractivity contribution in [3.05, 3.63) is 0 Å². The maximum atomic E-state index is 11.9. The fourth-order valence-corrected chi connectivity index (χ4v) is 3.29. The van der Waals surface area contributed by atoms with Gasteiger partial charge in [-0.15, -0.1) is 11.8 Å². The summed E-state index contributed by atoms with van der Waals surface area (Å²) < 4.78 is 0. The summed E-state index contributed by atoms with van der Waals surface area (Å²) in [6, 6.07) is -0.942. The van der Waals surface area contributed by atoms with E-state index in [1.807, 2.05) is 13.8 Å². The smallest absolute Gasteiger partial charge is 0.316 e. The van der Waals surface area contributed by atoms with Crippen molar-refractivity contribution in [2.24, 2.45) is 17.6 Å². The van der Waals surface area contributed by atoms with Gasteiger partial charge in [-0.05, 0) is 31.2 Å². The summed E-state index contributed by atoms with van der Waals surface area (Å²) in [6.45, 7) is 8.69. The molecule has 8 nitrogen and oxygen atoms in total. The number of rotatable bonds is 15. The van der Waals surface area contributed by atoms with E-state index in [1.165, 1.54) is 0 Å². The van der Waals surface area contributed by atoms with Crippen LogP contribution in [0, 0.1) is 11.8 Å². The van der Waals surface area contributed by atoms with Crippen molar-refractivity contribution in [1.29, 1.82) is 0 Å². The molecule has 0 aliphatic rings. The molecule has 0 fully saturated rings. The average Bonchev–Trinajstić information content (AvgIpc) is 2.54. The van der Waals surface area contributed by atoms with Gasteiger partial charge in [-0.3, -0.25) is 19.7 Å². The molecule has 3 unspecified atom stereocenters. The van der Waals surface area contributed by atoms with E-state index < -0.39 is 29.4 Å². The first-order valence-electron chi connectivity index (χ1n) is 9.37. The molecule has 6 N–H and O–H groups in total. The predicted molar refractivity (Wildman–Crippen MR) is 107 cm³/mol. The molecular formula is C18H35N3O5S. The van der Waals surface area contributed by atoms with Crippen LogP contribution in [0.3, 0.4) is 0 Å². The van der Waals surface area contributed by atoms with Gasteiger partial charge < -0.3 is 21.3 Å². The van der Waals surface area contributed by atoms with Crippen LogP contribution in [0.2, 0.25) is 0 Å². The van der Waals surface area contributed by atoms with Crippen LogP contribution in [0.1, 0.15) is 53.4 Å². The molecule has 0 aliphatic carbocycles. The predicted octanol–water partition coefficient (Wildman–Crippen LogP) is 0.923. The molecule has 2 amide bonds. The van der Waals surface area contributed by atoms with Crippen LogP contribution in [0.5, 0.6) is 0 Å². The lowest BCUT2D eigenvalue weighted by atomic mass is 10.1. The molecule has 0 radical (unpaired) electrons. The number of amides is 2. The summed E-state index contributed by atoms with van der Waals surface area (Å²) in [7, 11) is 0. The zero-order chi connectivity index (χ0) is 21.0. The van der Waals surface area contributed by atoms with Crippen LogP contribution < -0.4 is 16.4 Å². The minimum absolute atomic E-state index is 0.00905. The third-order valence-corrected chi connectivity index (χ3v) is 5.23. The number of carbonyl (C=O) groups excluding carboxylic acids is 2. The van der Waals surface area contributed by atoms with Gasteiger partial charge in [-0.2, -0.15) is 0 Å². The molecule has 158 valence electrons. The van der Waals surface area contributed by atoms with Crippen LogP contribution in [0.15, 0.2) is 0 Å². The van der Waals surface area contributed by atoms with Gasteiger partial charge in [-0.1, -0.05) is 27.7 Å². The first-order valence-corrected chi connectivity index (χ1v) is 10.4. The van der Waals surface area contributed by atoms with Gasteiger partial charge in [-0.25, -0.2) is 0 Å². The molecular weight excluding hydrogens is 370 g/mol. The van der Waals surface area contributed by atoms with E-state index in [9.17, 15) is 24.6 Å². The molecule has 0 spiro atoms. The lowest BCUT2D eigenvalue weighted by molar-refractivity contribution is -0.137. The van der Waals surface area contributed by atoms with Crippen LogP contribution in [0.4, 0.5) is 0 Å². The number of primary amides is 1. The van der Waals surface area contributed by atoms with E-state index in [-0.39, 0.29) is 24.5 Å². The molecule has 0 heterocycles. The SMILES string of the molecule is CC(C)CCNC(O)CC(SCC(NC(=O)CCC(C)C)C(N)=O)C(=O)O. The van der Waals surface area contributed by atoms with Crippen molar-refractivity contribution in [2.45, 2.75) is 70.9 Å². The van der Waals surface area contributed by atoms with Crippen molar-refractivity contribution >= 4 is 29.5 Å². The summed E-state index contributed by atoms with van der Waals surface area (Å²) >= 11 is 0.985. The quantitative estimate of drug-likeness (QED) is 0.255. The van der Waals surface area contributed by atoms with Gasteiger partial charge in [0.15, 0.2) is 0 Å². The van der Waals surface area contributed by atoms with Gasteiger partial charge >= 0.3 is 5.97 Å². The lowest BCUT2D eigenvalue weighted by Crippen LogP contribution is -2.46. The lowest BCUT2D eigenvalue weighted by Gasteiger charge is -2.21. The third-order valence-electron chi connectivity index (χ3n) is 3.91. The van der Waals surface area contributed by atoms with Gasteiger partial charge in [0.05, 0.1) is 0 Å². The van der Waals surface area contributed by atoms with E-state index in [0.29, 0.717) is 24.8 Å². The van der Waals surface area contributed by atoms with Crippen molar-refractivity contribution in [3.8, 4) is 0 Å². The van der Waals surface area contributed by atoms with E-state index in [1.54, 1.807) is 0 Å². The number of aliphatic hydroxyl groups is 1. The van der Waals surface area contributed by atoms with E-state index in [4.69, 9.17) is 5.73 Å². The fraction of sp³-hybridized carbons (Fsp3) is 0.833. The number of carboxylic acids is 1. The van der Waals surface area contributed by atoms with Crippen molar-refractivity contribution in [3.63, 3.8) is 0 Å². The minimum Gasteiger partial charge on any atom is -0.480 e. The Morgan fingerprint density at radius 2 is 1.67 bits per heavy atom. The third kappa shape index (κ3) is 13.5. The Hall–Kier alpha value is -1.32. The highest BCUT2D eigenvalue weighted by molar-refractivity contribution is 8.00. The molecule has 0 bridgehead atoms. The summed E-state index contributed by atoms with van der Waals surface area (Å²) in [5, 5.41) is 23.9. The topological polar surface area (TPSA) is 142 Å². The van der Waals surface area contributed by atoms with Gasteiger partial charge in [0.25, 0.3) is 0 Å². The Kier molecular flexibility index (Phi) is 13.1. The summed E-state index contributed by atoms with van der Waals surface area (Å²) in [4.78, 5) is 34.9. The summed E-state index contributed by atoms with van der Waals surface area (Å²) in [6.07, 6.45) is 0.882. The minimum atomic E-state index is -1.08.